The van der Waals surface area contributed by atoms with Gasteiger partial charge in [0.2, 0.25) is 5.95 Å². The lowest BCUT2D eigenvalue weighted by Gasteiger charge is -2.09. The lowest BCUT2D eigenvalue weighted by molar-refractivity contribution is 0.282. The van der Waals surface area contributed by atoms with Gasteiger partial charge in [0.05, 0.1) is 30.7 Å². The van der Waals surface area contributed by atoms with Crippen LogP contribution in [0.4, 0.5) is 11.6 Å². The van der Waals surface area contributed by atoms with E-state index in [9.17, 15) is 5.26 Å². The molecule has 3 heterocycles. The maximum Gasteiger partial charge on any atom is 0.227 e. The number of hydrogen-bond donors (Lipinski definition) is 1. The summed E-state index contributed by atoms with van der Waals surface area (Å²) in [5.41, 5.74) is 1.70. The number of benzene rings is 1. The highest BCUT2D eigenvalue weighted by molar-refractivity contribution is 7.13. The fraction of sp³-hybridized carbons (Fsp3) is 0.111. The monoisotopic (exact) mass is 390 g/mol. The Bertz CT molecular complexity index is 1070. The van der Waals surface area contributed by atoms with Gasteiger partial charge in [0, 0.05) is 17.3 Å². The number of thiazole rings is 1. The molecule has 138 valence electrons. The molecule has 0 saturated carbocycles. The van der Waals surface area contributed by atoms with Crippen molar-refractivity contribution >= 4 is 23.0 Å². The molecule has 9 nitrogen and oxygen atoms in total. The van der Waals surface area contributed by atoms with Crippen molar-refractivity contribution in [2.75, 3.05) is 11.9 Å². The molecule has 4 aromatic rings. The summed E-state index contributed by atoms with van der Waals surface area (Å²) in [5, 5.41) is 23.0. The average molecular weight is 390 g/mol. The molecule has 0 aliphatic rings. The van der Waals surface area contributed by atoms with E-state index in [2.05, 4.69) is 36.5 Å². The van der Waals surface area contributed by atoms with Crippen LogP contribution in [0.5, 0.6) is 5.75 Å². The van der Waals surface area contributed by atoms with E-state index in [4.69, 9.17) is 4.74 Å². The van der Waals surface area contributed by atoms with Gasteiger partial charge in [-0.1, -0.05) is 0 Å². The SMILES string of the molecule is N#Cc1cnc(Nc2ccc(OCCn3nccn3)cc2)nc1-c1nccs1. The van der Waals surface area contributed by atoms with Gasteiger partial charge >= 0.3 is 0 Å². The van der Waals surface area contributed by atoms with Crippen LogP contribution in [0, 0.1) is 11.3 Å². The Morgan fingerprint density at radius 1 is 1.11 bits per heavy atom. The lowest BCUT2D eigenvalue weighted by Crippen LogP contribution is -2.10. The molecular formula is C18H14N8OS. The summed E-state index contributed by atoms with van der Waals surface area (Å²) in [7, 11) is 0. The summed E-state index contributed by atoms with van der Waals surface area (Å²) in [5.74, 6) is 1.13. The standard InChI is InChI=1S/C18H14N8OS/c19-11-13-12-21-18(25-16(13)17-20-7-10-28-17)24-14-1-3-15(4-2-14)27-9-8-26-22-5-6-23-26/h1-7,10,12H,8-9H2,(H,21,24,25). The molecule has 0 radical (unpaired) electrons. The molecule has 3 aromatic heterocycles. The van der Waals surface area contributed by atoms with Gasteiger partial charge in [0.15, 0.2) is 0 Å². The van der Waals surface area contributed by atoms with Crippen molar-refractivity contribution in [3.63, 3.8) is 0 Å². The van der Waals surface area contributed by atoms with Gasteiger partial charge < -0.3 is 10.1 Å². The molecular weight excluding hydrogens is 376 g/mol. The number of nitriles is 1. The molecule has 1 aromatic carbocycles. The van der Waals surface area contributed by atoms with Crippen LogP contribution in [0.1, 0.15) is 5.56 Å². The first kappa shape index (κ1) is 17.6. The van der Waals surface area contributed by atoms with E-state index < -0.39 is 0 Å². The fourth-order valence-electron chi connectivity index (χ4n) is 2.39. The van der Waals surface area contributed by atoms with E-state index in [1.54, 1.807) is 23.4 Å². The third-order valence-corrected chi connectivity index (χ3v) is 4.46. The topological polar surface area (TPSA) is 114 Å². The third kappa shape index (κ3) is 4.11. The van der Waals surface area contributed by atoms with Gasteiger partial charge in [-0.05, 0) is 24.3 Å². The van der Waals surface area contributed by atoms with E-state index in [0.717, 1.165) is 11.4 Å². The lowest BCUT2D eigenvalue weighted by atomic mass is 10.2. The Kier molecular flexibility index (Phi) is 5.17. The fourth-order valence-corrected chi connectivity index (χ4v) is 3.03. The molecule has 0 amide bonds. The van der Waals surface area contributed by atoms with Crippen molar-refractivity contribution in [1.82, 2.24) is 29.9 Å². The number of ether oxygens (including phenoxy) is 1. The third-order valence-electron chi connectivity index (χ3n) is 3.68. The highest BCUT2D eigenvalue weighted by Crippen LogP contribution is 2.25. The zero-order chi connectivity index (χ0) is 19.2. The minimum Gasteiger partial charge on any atom is -0.492 e. The van der Waals surface area contributed by atoms with Gasteiger partial charge in [-0.2, -0.15) is 20.3 Å². The van der Waals surface area contributed by atoms with Crippen molar-refractivity contribution in [2.24, 2.45) is 0 Å². The van der Waals surface area contributed by atoms with Crippen LogP contribution in [0.15, 0.2) is 54.4 Å². The van der Waals surface area contributed by atoms with Gasteiger partial charge in [0.25, 0.3) is 0 Å². The number of hydrogen-bond acceptors (Lipinski definition) is 9. The Morgan fingerprint density at radius 2 is 1.93 bits per heavy atom. The second-order valence-corrected chi connectivity index (χ2v) is 6.42. The second kappa shape index (κ2) is 8.24. The van der Waals surface area contributed by atoms with Crippen LogP contribution in [0.25, 0.3) is 10.7 Å². The zero-order valence-electron chi connectivity index (χ0n) is 14.6. The molecule has 1 N–H and O–H groups in total. The number of aromatic nitrogens is 6. The van der Waals surface area contributed by atoms with Crippen molar-refractivity contribution in [3.05, 3.63) is 60.0 Å². The second-order valence-electron chi connectivity index (χ2n) is 5.53. The van der Waals surface area contributed by atoms with E-state index in [0.29, 0.717) is 35.4 Å². The highest BCUT2D eigenvalue weighted by Gasteiger charge is 2.12. The van der Waals surface area contributed by atoms with Gasteiger partial charge in [-0.3, -0.25) is 0 Å². The minimum atomic E-state index is 0.385. The number of nitrogens with zero attached hydrogens (tertiary/aromatic N) is 7. The van der Waals surface area contributed by atoms with Crippen molar-refractivity contribution in [3.8, 4) is 22.5 Å². The van der Waals surface area contributed by atoms with Crippen LogP contribution in [0.3, 0.4) is 0 Å². The molecule has 0 saturated heterocycles. The first-order chi connectivity index (χ1) is 13.8. The van der Waals surface area contributed by atoms with Crippen LogP contribution >= 0.6 is 11.3 Å². The molecule has 0 aliphatic heterocycles. The van der Waals surface area contributed by atoms with E-state index in [1.807, 2.05) is 29.6 Å². The molecule has 10 heteroatoms. The minimum absolute atomic E-state index is 0.385. The Morgan fingerprint density at radius 3 is 2.64 bits per heavy atom. The van der Waals surface area contributed by atoms with Gasteiger partial charge in [0.1, 0.15) is 29.1 Å². The Balaban J connectivity index is 1.41. The van der Waals surface area contributed by atoms with Crippen LogP contribution in [-0.4, -0.2) is 36.6 Å². The number of nitrogens with one attached hydrogen (secondary N) is 1. The summed E-state index contributed by atoms with van der Waals surface area (Å²) in [6, 6.07) is 9.54. The maximum atomic E-state index is 9.26. The van der Waals surface area contributed by atoms with E-state index >= 15 is 0 Å². The van der Waals surface area contributed by atoms with E-state index in [-0.39, 0.29) is 0 Å². The average Bonchev–Trinajstić information content (AvgIpc) is 3.44. The smallest absolute Gasteiger partial charge is 0.227 e. The van der Waals surface area contributed by atoms with Gasteiger partial charge in [-0.25, -0.2) is 15.0 Å². The summed E-state index contributed by atoms with van der Waals surface area (Å²) in [6.45, 7) is 1.04. The summed E-state index contributed by atoms with van der Waals surface area (Å²) in [6.07, 6.45) is 6.43. The van der Waals surface area contributed by atoms with Crippen molar-refractivity contribution < 1.29 is 4.74 Å². The first-order valence-corrected chi connectivity index (χ1v) is 9.21. The normalized spacial score (nSPS) is 10.4. The molecule has 0 spiro atoms. The summed E-state index contributed by atoms with van der Waals surface area (Å²) >= 11 is 1.42. The van der Waals surface area contributed by atoms with E-state index in [1.165, 1.54) is 17.5 Å². The zero-order valence-corrected chi connectivity index (χ0v) is 15.4. The molecule has 4 rings (SSSR count). The van der Waals surface area contributed by atoms with Crippen LogP contribution in [-0.2, 0) is 6.54 Å². The maximum absolute atomic E-state index is 9.26. The molecule has 0 unspecified atom stereocenters. The van der Waals surface area contributed by atoms with Gasteiger partial charge in [-0.15, -0.1) is 11.3 Å². The van der Waals surface area contributed by atoms with Crippen LogP contribution in [0.2, 0.25) is 0 Å². The Labute approximate surface area is 164 Å². The molecule has 0 fully saturated rings. The molecule has 0 aliphatic carbocycles. The predicted molar refractivity (Wildman–Crippen MR) is 103 cm³/mol. The quantitative estimate of drug-likeness (QED) is 0.512. The predicted octanol–water partition coefficient (Wildman–Crippen LogP) is 2.89. The summed E-state index contributed by atoms with van der Waals surface area (Å²) < 4.78 is 5.68. The number of rotatable bonds is 7. The highest BCUT2D eigenvalue weighted by atomic mass is 32.1. The van der Waals surface area contributed by atoms with Crippen molar-refractivity contribution in [1.29, 1.82) is 5.26 Å². The van der Waals surface area contributed by atoms with Crippen molar-refractivity contribution in [2.45, 2.75) is 6.54 Å². The molecule has 0 bridgehead atoms. The number of anilines is 2. The summed E-state index contributed by atoms with van der Waals surface area (Å²) in [4.78, 5) is 14.4. The molecule has 28 heavy (non-hydrogen) atoms. The Hall–Kier alpha value is -3.84. The largest absolute Gasteiger partial charge is 0.492 e. The first-order valence-electron chi connectivity index (χ1n) is 8.33. The van der Waals surface area contributed by atoms with Crippen LogP contribution < -0.4 is 10.1 Å². The molecule has 0 atom stereocenters.